The molecule has 2 rings (SSSR count). The summed E-state index contributed by atoms with van der Waals surface area (Å²) >= 11 is 0. The number of rotatable bonds is 3. The van der Waals surface area contributed by atoms with E-state index in [1.54, 1.807) is 0 Å². The molecule has 0 heterocycles. The van der Waals surface area contributed by atoms with Gasteiger partial charge in [0.05, 0.1) is 0 Å². The van der Waals surface area contributed by atoms with Gasteiger partial charge in [-0.2, -0.15) is 0 Å². The van der Waals surface area contributed by atoms with Crippen LogP contribution in [0.3, 0.4) is 0 Å². The van der Waals surface area contributed by atoms with Crippen LogP contribution in [0.25, 0.3) is 0 Å². The average molecular weight is 224 g/mol. The maximum atomic E-state index is 6.06. The molecule has 0 aromatic rings. The van der Waals surface area contributed by atoms with Gasteiger partial charge in [-0.25, -0.2) is 0 Å². The Labute approximate surface area is 101 Å². The van der Waals surface area contributed by atoms with Crippen LogP contribution >= 0.6 is 0 Å². The van der Waals surface area contributed by atoms with Gasteiger partial charge in [0.25, 0.3) is 0 Å². The van der Waals surface area contributed by atoms with E-state index in [0.717, 1.165) is 18.5 Å². The summed E-state index contributed by atoms with van der Waals surface area (Å²) < 4.78 is 0. The Morgan fingerprint density at radius 3 is 2.00 bits per heavy atom. The molecule has 0 radical (unpaired) electrons. The fourth-order valence-corrected chi connectivity index (χ4v) is 3.95. The highest BCUT2D eigenvalue weighted by atomic mass is 15.2. The van der Waals surface area contributed by atoms with Crippen LogP contribution in [0.2, 0.25) is 0 Å². The highest BCUT2D eigenvalue weighted by Gasteiger charge is 2.44. The lowest BCUT2D eigenvalue weighted by Crippen LogP contribution is -2.55. The highest BCUT2D eigenvalue weighted by Crippen LogP contribution is 2.51. The van der Waals surface area contributed by atoms with Crippen LogP contribution in [0.1, 0.15) is 58.3 Å². The molecule has 94 valence electrons. The van der Waals surface area contributed by atoms with E-state index < -0.39 is 0 Å². The van der Waals surface area contributed by atoms with Gasteiger partial charge in [0.15, 0.2) is 0 Å². The van der Waals surface area contributed by atoms with E-state index >= 15 is 0 Å². The Hall–Kier alpha value is -0.0800. The van der Waals surface area contributed by atoms with E-state index in [9.17, 15) is 0 Å². The quantitative estimate of drug-likeness (QED) is 0.798. The van der Waals surface area contributed by atoms with Crippen molar-refractivity contribution in [3.63, 3.8) is 0 Å². The minimum absolute atomic E-state index is 0.322. The van der Waals surface area contributed by atoms with Crippen molar-refractivity contribution in [3.05, 3.63) is 0 Å². The summed E-state index contributed by atoms with van der Waals surface area (Å²) in [6, 6.07) is 0. The van der Waals surface area contributed by atoms with Crippen LogP contribution in [-0.2, 0) is 0 Å². The van der Waals surface area contributed by atoms with Gasteiger partial charge >= 0.3 is 0 Å². The molecule has 0 bridgehead atoms. The monoisotopic (exact) mass is 224 g/mol. The zero-order valence-electron chi connectivity index (χ0n) is 11.1. The molecule has 2 saturated carbocycles. The molecule has 0 aromatic carbocycles. The smallest absolute Gasteiger partial charge is 0.0329 e. The predicted octanol–water partition coefficient (Wildman–Crippen LogP) is 2.77. The molecule has 0 amide bonds. The Kier molecular flexibility index (Phi) is 3.60. The third kappa shape index (κ3) is 2.02. The third-order valence-electron chi connectivity index (χ3n) is 5.57. The lowest BCUT2D eigenvalue weighted by atomic mass is 9.66. The summed E-state index contributed by atoms with van der Waals surface area (Å²) in [5.41, 5.74) is 7.11. The first kappa shape index (κ1) is 12.4. The maximum absolute atomic E-state index is 6.06. The van der Waals surface area contributed by atoms with Crippen molar-refractivity contribution in [3.8, 4) is 0 Å². The van der Waals surface area contributed by atoms with Gasteiger partial charge in [0.1, 0.15) is 0 Å². The van der Waals surface area contributed by atoms with Gasteiger partial charge in [-0.3, -0.25) is 4.90 Å². The largest absolute Gasteiger partial charge is 0.329 e. The molecular formula is C14H28N2. The van der Waals surface area contributed by atoms with Gasteiger partial charge in [-0.1, -0.05) is 19.8 Å². The minimum atomic E-state index is 0.322. The average Bonchev–Trinajstić information content (AvgIpc) is 2.78. The molecule has 2 heteroatoms. The standard InChI is InChI=1S/C14H28N2/c1-3-16(2)14(12-15)10-8-13(9-11-14)6-4-5-7-13/h3-12,15H2,1-2H3. The summed E-state index contributed by atoms with van der Waals surface area (Å²) in [4.78, 5) is 2.49. The van der Waals surface area contributed by atoms with E-state index in [4.69, 9.17) is 5.73 Å². The van der Waals surface area contributed by atoms with Crippen LogP contribution in [-0.4, -0.2) is 30.6 Å². The Morgan fingerprint density at radius 1 is 1.00 bits per heavy atom. The van der Waals surface area contributed by atoms with Gasteiger partial charge in [0, 0.05) is 12.1 Å². The van der Waals surface area contributed by atoms with Crippen molar-refractivity contribution in [1.29, 1.82) is 0 Å². The molecule has 2 N–H and O–H groups in total. The first-order valence-corrected chi connectivity index (χ1v) is 7.08. The molecule has 0 aromatic heterocycles. The fourth-order valence-electron chi connectivity index (χ4n) is 3.95. The maximum Gasteiger partial charge on any atom is 0.0329 e. The molecule has 0 aliphatic heterocycles. The summed E-state index contributed by atoms with van der Waals surface area (Å²) in [6.45, 7) is 4.22. The fraction of sp³-hybridized carbons (Fsp3) is 1.00. The second-order valence-corrected chi connectivity index (χ2v) is 6.15. The number of likely N-dealkylation sites (N-methyl/N-ethyl adjacent to an activating group) is 1. The molecular weight excluding hydrogens is 196 g/mol. The van der Waals surface area contributed by atoms with Crippen molar-refractivity contribution in [1.82, 2.24) is 4.90 Å². The molecule has 2 nitrogen and oxygen atoms in total. The first-order chi connectivity index (χ1) is 7.66. The summed E-state index contributed by atoms with van der Waals surface area (Å²) in [5.74, 6) is 0. The van der Waals surface area contributed by atoms with E-state index in [2.05, 4.69) is 18.9 Å². The van der Waals surface area contributed by atoms with Crippen LogP contribution in [0.4, 0.5) is 0 Å². The minimum Gasteiger partial charge on any atom is -0.329 e. The van der Waals surface area contributed by atoms with E-state index in [-0.39, 0.29) is 0 Å². The predicted molar refractivity (Wildman–Crippen MR) is 69.5 cm³/mol. The zero-order chi connectivity index (χ0) is 11.6. The van der Waals surface area contributed by atoms with Crippen LogP contribution in [0, 0.1) is 5.41 Å². The van der Waals surface area contributed by atoms with Crippen molar-refractivity contribution in [2.45, 2.75) is 63.8 Å². The lowest BCUT2D eigenvalue weighted by Gasteiger charge is -2.49. The molecule has 0 unspecified atom stereocenters. The van der Waals surface area contributed by atoms with Crippen molar-refractivity contribution < 1.29 is 0 Å². The van der Waals surface area contributed by atoms with Gasteiger partial charge in [-0.15, -0.1) is 0 Å². The highest BCUT2D eigenvalue weighted by molar-refractivity contribution is 5.00. The van der Waals surface area contributed by atoms with Crippen molar-refractivity contribution in [2.24, 2.45) is 11.1 Å². The summed E-state index contributed by atoms with van der Waals surface area (Å²) in [5, 5.41) is 0. The lowest BCUT2D eigenvalue weighted by molar-refractivity contribution is 0.0338. The number of nitrogens with two attached hydrogens (primary N) is 1. The van der Waals surface area contributed by atoms with Gasteiger partial charge < -0.3 is 5.73 Å². The molecule has 16 heavy (non-hydrogen) atoms. The van der Waals surface area contributed by atoms with E-state index in [0.29, 0.717) is 5.54 Å². The molecule has 2 fully saturated rings. The summed E-state index contributed by atoms with van der Waals surface area (Å²) in [6.07, 6.45) is 11.4. The molecule has 0 atom stereocenters. The van der Waals surface area contributed by atoms with E-state index in [1.807, 2.05) is 0 Å². The van der Waals surface area contributed by atoms with Gasteiger partial charge in [-0.05, 0) is 57.5 Å². The Balaban J connectivity index is 2.01. The first-order valence-electron chi connectivity index (χ1n) is 7.08. The van der Waals surface area contributed by atoms with Gasteiger partial charge in [0.2, 0.25) is 0 Å². The topological polar surface area (TPSA) is 29.3 Å². The number of hydrogen-bond donors (Lipinski definition) is 1. The molecule has 2 aliphatic rings. The second-order valence-electron chi connectivity index (χ2n) is 6.15. The van der Waals surface area contributed by atoms with Crippen molar-refractivity contribution >= 4 is 0 Å². The Morgan fingerprint density at radius 2 is 1.56 bits per heavy atom. The van der Waals surface area contributed by atoms with Crippen LogP contribution in [0.15, 0.2) is 0 Å². The molecule has 2 aliphatic carbocycles. The normalized spacial score (nSPS) is 27.8. The SMILES string of the molecule is CCN(C)C1(CN)CCC2(CCCC2)CC1. The molecule has 0 saturated heterocycles. The zero-order valence-corrected chi connectivity index (χ0v) is 11.1. The van der Waals surface area contributed by atoms with E-state index in [1.165, 1.54) is 51.4 Å². The third-order valence-corrected chi connectivity index (χ3v) is 5.57. The van der Waals surface area contributed by atoms with Crippen molar-refractivity contribution in [2.75, 3.05) is 20.1 Å². The van der Waals surface area contributed by atoms with Crippen LogP contribution in [0.5, 0.6) is 0 Å². The van der Waals surface area contributed by atoms with Crippen LogP contribution < -0.4 is 5.73 Å². The Bertz CT molecular complexity index is 221. The molecule has 1 spiro atoms. The second kappa shape index (κ2) is 4.66. The summed E-state index contributed by atoms with van der Waals surface area (Å²) in [7, 11) is 2.25. The number of nitrogens with zero attached hydrogens (tertiary/aromatic N) is 1. The number of hydrogen-bond acceptors (Lipinski definition) is 2.